The number of pyridine rings is 1. The Labute approximate surface area is 254 Å². The van der Waals surface area contributed by atoms with Crippen molar-refractivity contribution in [2.24, 2.45) is 11.7 Å². The molecule has 2 N–H and O–H groups in total. The summed E-state index contributed by atoms with van der Waals surface area (Å²) in [6.45, 7) is 2.90. The first-order valence-electron chi connectivity index (χ1n) is 15.0. The molecule has 230 valence electrons. The van der Waals surface area contributed by atoms with Gasteiger partial charge in [0, 0.05) is 50.9 Å². The molecule has 0 spiro atoms. The maximum absolute atomic E-state index is 15.4. The summed E-state index contributed by atoms with van der Waals surface area (Å²) in [5.41, 5.74) is 7.22. The number of hydrogen-bond acceptors (Lipinski definition) is 7. The van der Waals surface area contributed by atoms with E-state index in [0.29, 0.717) is 30.8 Å². The van der Waals surface area contributed by atoms with Gasteiger partial charge >= 0.3 is 0 Å². The molecule has 1 aliphatic carbocycles. The van der Waals surface area contributed by atoms with Crippen LogP contribution < -0.4 is 5.73 Å². The van der Waals surface area contributed by atoms with E-state index >= 15 is 13.2 Å². The van der Waals surface area contributed by atoms with Crippen molar-refractivity contribution in [1.82, 2.24) is 19.6 Å². The summed E-state index contributed by atoms with van der Waals surface area (Å²) in [4.78, 5) is 8.94. The summed E-state index contributed by atoms with van der Waals surface area (Å²) in [6, 6.07) is 9.33. The standard InChI is InChI=1S/C33H35F3N6O2/c1-20-13-21(14-28(38)32(20)44-10-2-8-37)25-5-9-39-18-22(25)15-30-40-19-24-3-4-29(41-42(24)30)31-26(34)16-23(17-27(31)35)33(36)6-11-43-12-7-33/h3-5,9,16-21,28,32H,2,6-7,10-15,38H2,1H3/t20-,21+,28+,32-/m0/s1. The monoisotopic (exact) mass is 604 g/mol. The van der Waals surface area contributed by atoms with Crippen molar-refractivity contribution in [3.05, 3.63) is 83.1 Å². The first-order chi connectivity index (χ1) is 21.3. The zero-order valence-electron chi connectivity index (χ0n) is 24.6. The van der Waals surface area contributed by atoms with E-state index in [0.717, 1.165) is 36.1 Å². The van der Waals surface area contributed by atoms with E-state index in [1.54, 1.807) is 23.0 Å². The van der Waals surface area contributed by atoms with Gasteiger partial charge in [0.1, 0.15) is 23.1 Å². The van der Waals surface area contributed by atoms with Gasteiger partial charge in [-0.25, -0.2) is 22.7 Å². The predicted octanol–water partition coefficient (Wildman–Crippen LogP) is 5.78. The minimum atomic E-state index is -1.83. The number of rotatable bonds is 8. The van der Waals surface area contributed by atoms with Crippen LogP contribution in [0.15, 0.2) is 48.9 Å². The molecule has 0 amide bonds. The predicted molar refractivity (Wildman–Crippen MR) is 157 cm³/mol. The molecule has 1 saturated carbocycles. The Morgan fingerprint density at radius 2 is 1.91 bits per heavy atom. The number of halogens is 3. The number of nitrogens with two attached hydrogens (primary N) is 1. The number of aromatic nitrogens is 4. The Balaban J connectivity index is 1.27. The highest BCUT2D eigenvalue weighted by molar-refractivity contribution is 5.63. The highest BCUT2D eigenvalue weighted by atomic mass is 19.1. The first-order valence-corrected chi connectivity index (χ1v) is 15.0. The number of ether oxygens (including phenoxy) is 2. The average molecular weight is 605 g/mol. The van der Waals surface area contributed by atoms with Gasteiger partial charge in [-0.2, -0.15) is 10.4 Å². The molecule has 3 aromatic heterocycles. The van der Waals surface area contributed by atoms with E-state index in [-0.39, 0.29) is 66.9 Å². The number of hydrogen-bond donors (Lipinski definition) is 1. The molecule has 1 aromatic carbocycles. The van der Waals surface area contributed by atoms with Gasteiger partial charge < -0.3 is 15.2 Å². The molecule has 1 saturated heterocycles. The fraction of sp³-hybridized carbons (Fsp3) is 0.455. The Morgan fingerprint density at radius 1 is 1.14 bits per heavy atom. The second kappa shape index (κ2) is 12.6. The Hall–Kier alpha value is -3.85. The minimum Gasteiger partial charge on any atom is -0.381 e. The van der Waals surface area contributed by atoms with E-state index in [9.17, 15) is 0 Å². The molecule has 6 rings (SSSR count). The number of alkyl halides is 1. The quantitative estimate of drug-likeness (QED) is 0.254. The molecule has 8 nitrogen and oxygen atoms in total. The summed E-state index contributed by atoms with van der Waals surface area (Å²) in [7, 11) is 0. The van der Waals surface area contributed by atoms with Crippen LogP contribution in [-0.4, -0.2) is 51.5 Å². The number of nitrogens with zero attached hydrogens (tertiary/aromatic N) is 5. The number of nitriles is 1. The van der Waals surface area contributed by atoms with Crippen molar-refractivity contribution in [3.8, 4) is 17.3 Å². The van der Waals surface area contributed by atoms with Gasteiger partial charge in [-0.3, -0.25) is 4.98 Å². The summed E-state index contributed by atoms with van der Waals surface area (Å²) >= 11 is 0. The molecule has 2 fully saturated rings. The molecular weight excluding hydrogens is 569 g/mol. The minimum absolute atomic E-state index is 0.0233. The molecule has 4 atom stereocenters. The fourth-order valence-electron chi connectivity index (χ4n) is 6.75. The van der Waals surface area contributed by atoms with Crippen molar-refractivity contribution < 1.29 is 22.6 Å². The van der Waals surface area contributed by atoms with E-state index in [4.69, 9.17) is 20.5 Å². The number of fused-ring (bicyclic) bond motifs is 1. The highest BCUT2D eigenvalue weighted by Crippen LogP contribution is 2.40. The lowest BCUT2D eigenvalue weighted by atomic mass is 9.73. The summed E-state index contributed by atoms with van der Waals surface area (Å²) in [5.74, 6) is -0.771. The molecule has 0 radical (unpaired) electrons. The zero-order valence-corrected chi connectivity index (χ0v) is 24.6. The maximum atomic E-state index is 15.4. The first kappa shape index (κ1) is 30.2. The van der Waals surface area contributed by atoms with Crippen molar-refractivity contribution >= 4 is 5.52 Å². The Kier molecular flexibility index (Phi) is 8.67. The molecule has 0 unspecified atom stereocenters. The number of imidazole rings is 1. The van der Waals surface area contributed by atoms with E-state index < -0.39 is 17.3 Å². The molecule has 1 aliphatic heterocycles. The Bertz CT molecular complexity index is 1650. The van der Waals surface area contributed by atoms with Gasteiger partial charge in [-0.1, -0.05) is 6.92 Å². The lowest BCUT2D eigenvalue weighted by molar-refractivity contribution is -0.0199. The van der Waals surface area contributed by atoms with Crippen LogP contribution in [0.1, 0.15) is 67.5 Å². The maximum Gasteiger partial charge on any atom is 0.140 e. The van der Waals surface area contributed by atoms with E-state index in [1.807, 2.05) is 12.3 Å². The lowest BCUT2D eigenvalue weighted by Gasteiger charge is -2.39. The molecule has 44 heavy (non-hydrogen) atoms. The molecule has 4 aromatic rings. The zero-order chi connectivity index (χ0) is 30.8. The third kappa shape index (κ3) is 5.94. The summed E-state index contributed by atoms with van der Waals surface area (Å²) < 4.78 is 59.0. The molecule has 4 heterocycles. The van der Waals surface area contributed by atoms with Crippen molar-refractivity contribution in [1.29, 1.82) is 5.26 Å². The van der Waals surface area contributed by atoms with Crippen molar-refractivity contribution in [2.45, 2.75) is 69.2 Å². The van der Waals surface area contributed by atoms with Gasteiger partial charge in [0.2, 0.25) is 0 Å². The van der Waals surface area contributed by atoms with Crippen LogP contribution in [-0.2, 0) is 21.6 Å². The molecular formula is C33H35F3N6O2. The van der Waals surface area contributed by atoms with Crippen LogP contribution in [0, 0.1) is 28.9 Å². The second-order valence-corrected chi connectivity index (χ2v) is 11.9. The third-order valence-electron chi connectivity index (χ3n) is 9.01. The topological polar surface area (TPSA) is 111 Å². The van der Waals surface area contributed by atoms with Gasteiger partial charge in [0.05, 0.1) is 48.2 Å². The third-order valence-corrected chi connectivity index (χ3v) is 9.01. The highest BCUT2D eigenvalue weighted by Gasteiger charge is 2.37. The summed E-state index contributed by atoms with van der Waals surface area (Å²) in [6.07, 6.45) is 7.56. The largest absolute Gasteiger partial charge is 0.381 e. The van der Waals surface area contributed by atoms with Crippen molar-refractivity contribution in [3.63, 3.8) is 0 Å². The summed E-state index contributed by atoms with van der Waals surface area (Å²) in [5, 5.41) is 13.4. The smallest absolute Gasteiger partial charge is 0.140 e. The lowest BCUT2D eigenvalue weighted by Crippen LogP contribution is -2.46. The van der Waals surface area contributed by atoms with Gasteiger partial charge in [-0.05, 0) is 71.7 Å². The van der Waals surface area contributed by atoms with Crippen molar-refractivity contribution in [2.75, 3.05) is 19.8 Å². The second-order valence-electron chi connectivity index (χ2n) is 11.9. The van der Waals surface area contributed by atoms with Gasteiger partial charge in [-0.15, -0.1) is 0 Å². The van der Waals surface area contributed by atoms with Crippen LogP contribution in [0.5, 0.6) is 0 Å². The van der Waals surface area contributed by atoms with Crippen LogP contribution >= 0.6 is 0 Å². The SMILES string of the molecule is C[C@H]1C[C@@H](c2ccncc2Cc2ncc3ccc(-c4c(F)cc(C5(F)CCOCC5)cc4F)nn23)C[C@@H](N)[C@H]1OCCC#N. The normalized spacial score (nSPS) is 23.5. The van der Waals surface area contributed by atoms with E-state index in [2.05, 4.69) is 28.1 Å². The van der Waals surface area contributed by atoms with E-state index in [1.165, 1.54) is 6.07 Å². The molecule has 0 bridgehead atoms. The van der Waals surface area contributed by atoms with Crippen LogP contribution in [0.25, 0.3) is 16.8 Å². The van der Waals surface area contributed by atoms with Crippen LogP contribution in [0.4, 0.5) is 13.2 Å². The average Bonchev–Trinajstić information content (AvgIpc) is 3.40. The Morgan fingerprint density at radius 3 is 2.64 bits per heavy atom. The van der Waals surface area contributed by atoms with Crippen LogP contribution in [0.2, 0.25) is 0 Å². The molecule has 11 heteroatoms. The van der Waals surface area contributed by atoms with Crippen LogP contribution in [0.3, 0.4) is 0 Å². The van der Waals surface area contributed by atoms with Gasteiger partial charge in [0.25, 0.3) is 0 Å². The fourth-order valence-corrected chi connectivity index (χ4v) is 6.75. The van der Waals surface area contributed by atoms with Gasteiger partial charge in [0.15, 0.2) is 0 Å². The molecule has 2 aliphatic rings. The number of benzene rings is 1.